The molecular formula is C24H27N3O5. The van der Waals surface area contributed by atoms with E-state index in [0.29, 0.717) is 36.5 Å². The van der Waals surface area contributed by atoms with Crippen LogP contribution in [-0.4, -0.2) is 54.8 Å². The van der Waals surface area contributed by atoms with Gasteiger partial charge in [0.05, 0.1) is 6.54 Å². The first-order valence-corrected chi connectivity index (χ1v) is 10.6. The number of piperidine rings is 1. The van der Waals surface area contributed by atoms with Crippen LogP contribution in [-0.2, 0) is 9.59 Å². The van der Waals surface area contributed by atoms with E-state index in [1.165, 1.54) is 13.0 Å². The zero-order chi connectivity index (χ0) is 22.9. The third kappa shape index (κ3) is 6.66. The standard InChI is InChI=1S/C24H27N3O5/c1-17(28)32-21-9-5-8-20(14-21)24(31)25-15-18-10-12-27(13-11-18)22(29)16-26-23(30)19-6-3-2-4-7-19/h2-9,14,18H,10-13,15-16H2,1H3,(H,25,31)(H,26,30). The minimum atomic E-state index is -0.441. The van der Waals surface area contributed by atoms with E-state index in [-0.39, 0.29) is 30.2 Å². The van der Waals surface area contributed by atoms with E-state index in [9.17, 15) is 19.2 Å². The zero-order valence-corrected chi connectivity index (χ0v) is 18.0. The maximum atomic E-state index is 12.4. The topological polar surface area (TPSA) is 105 Å². The molecule has 0 unspecified atom stereocenters. The van der Waals surface area contributed by atoms with Crippen molar-refractivity contribution in [2.24, 2.45) is 5.92 Å². The number of ether oxygens (including phenoxy) is 1. The van der Waals surface area contributed by atoms with Crippen molar-refractivity contribution >= 4 is 23.7 Å². The Kier molecular flexibility index (Phi) is 7.96. The number of esters is 1. The molecule has 2 aromatic carbocycles. The molecule has 0 aliphatic carbocycles. The quantitative estimate of drug-likeness (QED) is 0.509. The number of rotatable bonds is 7. The van der Waals surface area contributed by atoms with Gasteiger partial charge >= 0.3 is 5.97 Å². The highest BCUT2D eigenvalue weighted by Gasteiger charge is 2.23. The van der Waals surface area contributed by atoms with Crippen LogP contribution in [0.5, 0.6) is 5.75 Å². The number of nitrogens with zero attached hydrogens (tertiary/aromatic N) is 1. The summed E-state index contributed by atoms with van der Waals surface area (Å²) in [6, 6.07) is 15.2. The van der Waals surface area contributed by atoms with Gasteiger partial charge < -0.3 is 20.3 Å². The third-order valence-electron chi connectivity index (χ3n) is 5.31. The number of hydrogen-bond donors (Lipinski definition) is 2. The lowest BCUT2D eigenvalue weighted by Crippen LogP contribution is -2.45. The highest BCUT2D eigenvalue weighted by atomic mass is 16.5. The summed E-state index contributed by atoms with van der Waals surface area (Å²) in [5, 5.41) is 5.57. The molecule has 0 bridgehead atoms. The first kappa shape index (κ1) is 23.0. The first-order valence-electron chi connectivity index (χ1n) is 10.6. The molecule has 0 radical (unpaired) electrons. The van der Waals surface area contributed by atoms with Crippen molar-refractivity contribution in [3.63, 3.8) is 0 Å². The molecule has 1 fully saturated rings. The Balaban J connectivity index is 1.39. The fraction of sp³-hybridized carbons (Fsp3) is 0.333. The lowest BCUT2D eigenvalue weighted by Gasteiger charge is -2.32. The van der Waals surface area contributed by atoms with Crippen LogP contribution in [0.25, 0.3) is 0 Å². The first-order chi connectivity index (χ1) is 15.4. The number of carbonyl (C=O) groups excluding carboxylic acids is 4. The summed E-state index contributed by atoms with van der Waals surface area (Å²) in [5.74, 6) is -0.465. The SMILES string of the molecule is CC(=O)Oc1cccc(C(=O)NCC2CCN(C(=O)CNC(=O)c3ccccc3)CC2)c1. The summed E-state index contributed by atoms with van der Waals surface area (Å²) >= 11 is 0. The van der Waals surface area contributed by atoms with Crippen LogP contribution in [0.4, 0.5) is 0 Å². The van der Waals surface area contributed by atoms with Gasteiger partial charge in [-0.3, -0.25) is 19.2 Å². The van der Waals surface area contributed by atoms with Crippen LogP contribution in [0.1, 0.15) is 40.5 Å². The summed E-state index contributed by atoms with van der Waals surface area (Å²) < 4.78 is 5.01. The Morgan fingerprint density at radius 3 is 2.25 bits per heavy atom. The molecule has 1 heterocycles. The van der Waals surface area contributed by atoms with Gasteiger partial charge in [-0.1, -0.05) is 24.3 Å². The van der Waals surface area contributed by atoms with Crippen molar-refractivity contribution in [1.29, 1.82) is 0 Å². The van der Waals surface area contributed by atoms with Crippen molar-refractivity contribution < 1.29 is 23.9 Å². The molecule has 1 aliphatic heterocycles. The average Bonchev–Trinajstić information content (AvgIpc) is 2.81. The maximum absolute atomic E-state index is 12.4. The fourth-order valence-corrected chi connectivity index (χ4v) is 3.55. The number of likely N-dealkylation sites (tertiary alicyclic amines) is 1. The summed E-state index contributed by atoms with van der Waals surface area (Å²) in [6.07, 6.45) is 1.54. The van der Waals surface area contributed by atoms with Crippen molar-refractivity contribution in [1.82, 2.24) is 15.5 Å². The molecule has 8 heteroatoms. The van der Waals surface area contributed by atoms with E-state index in [4.69, 9.17) is 4.74 Å². The molecule has 0 spiro atoms. The molecule has 32 heavy (non-hydrogen) atoms. The van der Waals surface area contributed by atoms with Gasteiger partial charge in [0, 0.05) is 37.7 Å². The fourth-order valence-electron chi connectivity index (χ4n) is 3.55. The van der Waals surface area contributed by atoms with E-state index < -0.39 is 5.97 Å². The van der Waals surface area contributed by atoms with Gasteiger partial charge in [-0.05, 0) is 49.1 Å². The van der Waals surface area contributed by atoms with Gasteiger partial charge in [0.25, 0.3) is 11.8 Å². The Bertz CT molecular complexity index is 969. The van der Waals surface area contributed by atoms with Crippen molar-refractivity contribution in [3.05, 3.63) is 65.7 Å². The molecule has 0 aromatic heterocycles. The Hall–Kier alpha value is -3.68. The number of hydrogen-bond acceptors (Lipinski definition) is 5. The Morgan fingerprint density at radius 2 is 1.56 bits per heavy atom. The average molecular weight is 437 g/mol. The normalized spacial score (nSPS) is 13.8. The molecule has 8 nitrogen and oxygen atoms in total. The van der Waals surface area contributed by atoms with Crippen molar-refractivity contribution in [2.45, 2.75) is 19.8 Å². The van der Waals surface area contributed by atoms with Gasteiger partial charge in [-0.15, -0.1) is 0 Å². The molecule has 2 N–H and O–H groups in total. The molecular weight excluding hydrogens is 410 g/mol. The van der Waals surface area contributed by atoms with Crippen LogP contribution >= 0.6 is 0 Å². The van der Waals surface area contributed by atoms with E-state index in [1.54, 1.807) is 47.4 Å². The number of carbonyl (C=O) groups is 4. The smallest absolute Gasteiger partial charge is 0.308 e. The maximum Gasteiger partial charge on any atom is 0.308 e. The lowest BCUT2D eigenvalue weighted by molar-refractivity contribution is -0.132. The van der Waals surface area contributed by atoms with Gasteiger partial charge in [-0.25, -0.2) is 0 Å². The number of benzene rings is 2. The van der Waals surface area contributed by atoms with Gasteiger partial charge in [-0.2, -0.15) is 0 Å². The second-order valence-corrected chi connectivity index (χ2v) is 7.70. The van der Waals surface area contributed by atoms with Crippen LogP contribution in [0.15, 0.2) is 54.6 Å². The summed E-state index contributed by atoms with van der Waals surface area (Å²) in [5.41, 5.74) is 0.943. The Morgan fingerprint density at radius 1 is 0.906 bits per heavy atom. The molecule has 2 aromatic rings. The Labute approximate surface area is 186 Å². The van der Waals surface area contributed by atoms with Gasteiger partial charge in [0.2, 0.25) is 5.91 Å². The van der Waals surface area contributed by atoms with Crippen LogP contribution in [0.2, 0.25) is 0 Å². The van der Waals surface area contributed by atoms with Gasteiger partial charge in [0.1, 0.15) is 5.75 Å². The molecule has 3 rings (SSSR count). The summed E-state index contributed by atoms with van der Waals surface area (Å²) in [7, 11) is 0. The van der Waals surface area contributed by atoms with E-state index >= 15 is 0 Å². The molecule has 1 saturated heterocycles. The highest BCUT2D eigenvalue weighted by molar-refractivity contribution is 5.96. The lowest BCUT2D eigenvalue weighted by atomic mass is 9.96. The molecule has 1 aliphatic rings. The monoisotopic (exact) mass is 437 g/mol. The molecule has 0 saturated carbocycles. The van der Waals surface area contributed by atoms with Gasteiger partial charge in [0.15, 0.2) is 0 Å². The van der Waals surface area contributed by atoms with Crippen LogP contribution in [0, 0.1) is 5.92 Å². The minimum Gasteiger partial charge on any atom is -0.427 e. The highest BCUT2D eigenvalue weighted by Crippen LogP contribution is 2.17. The van der Waals surface area contributed by atoms with Crippen molar-refractivity contribution in [2.75, 3.05) is 26.2 Å². The molecule has 0 atom stereocenters. The van der Waals surface area contributed by atoms with Crippen LogP contribution in [0.3, 0.4) is 0 Å². The number of amides is 3. The van der Waals surface area contributed by atoms with E-state index in [2.05, 4.69) is 10.6 Å². The second-order valence-electron chi connectivity index (χ2n) is 7.70. The largest absolute Gasteiger partial charge is 0.427 e. The predicted octanol–water partition coefficient (Wildman–Crippen LogP) is 2.01. The summed E-state index contributed by atoms with van der Waals surface area (Å²) in [4.78, 5) is 49.7. The predicted molar refractivity (Wildman–Crippen MR) is 118 cm³/mol. The summed E-state index contributed by atoms with van der Waals surface area (Å²) in [6.45, 7) is 2.95. The number of nitrogens with one attached hydrogen (secondary N) is 2. The van der Waals surface area contributed by atoms with E-state index in [1.807, 2.05) is 6.07 Å². The third-order valence-corrected chi connectivity index (χ3v) is 5.31. The molecule has 168 valence electrons. The molecule has 3 amide bonds. The van der Waals surface area contributed by atoms with Crippen LogP contribution < -0.4 is 15.4 Å². The van der Waals surface area contributed by atoms with E-state index in [0.717, 1.165) is 12.8 Å². The van der Waals surface area contributed by atoms with Crippen molar-refractivity contribution in [3.8, 4) is 5.75 Å². The second kappa shape index (κ2) is 11.1. The minimum absolute atomic E-state index is 0.0339. The zero-order valence-electron chi connectivity index (χ0n) is 18.0.